The molecule has 0 spiro atoms. The minimum atomic E-state index is 0.0301. The lowest BCUT2D eigenvalue weighted by atomic mass is 10.2. The third-order valence-electron chi connectivity index (χ3n) is 3.92. The maximum absolute atomic E-state index is 12.4. The van der Waals surface area contributed by atoms with Crippen molar-refractivity contribution in [2.75, 3.05) is 0 Å². The van der Waals surface area contributed by atoms with E-state index >= 15 is 0 Å². The summed E-state index contributed by atoms with van der Waals surface area (Å²) in [5, 5.41) is 3.03. The molecular weight excluding hydrogens is 262 g/mol. The van der Waals surface area contributed by atoms with Gasteiger partial charge in [0.2, 0.25) is 0 Å². The number of rotatable bonds is 5. The van der Waals surface area contributed by atoms with Gasteiger partial charge in [0.1, 0.15) is 0 Å². The molecule has 1 N–H and O–H groups in total. The fourth-order valence-corrected chi connectivity index (χ4v) is 2.46. The number of carbonyl (C=O) groups is 1. The van der Waals surface area contributed by atoms with E-state index in [9.17, 15) is 4.79 Å². The Balaban J connectivity index is 1.61. The van der Waals surface area contributed by atoms with Crippen molar-refractivity contribution < 1.29 is 4.79 Å². The number of amides is 2. The predicted molar refractivity (Wildman–Crippen MR) is 82.7 cm³/mol. The van der Waals surface area contributed by atoms with Gasteiger partial charge in [-0.2, -0.15) is 0 Å². The van der Waals surface area contributed by atoms with Crippen molar-refractivity contribution in [2.24, 2.45) is 7.05 Å². The van der Waals surface area contributed by atoms with E-state index in [1.807, 2.05) is 54.5 Å². The van der Waals surface area contributed by atoms with E-state index in [1.165, 1.54) is 0 Å². The highest BCUT2D eigenvalue weighted by Crippen LogP contribution is 2.28. The van der Waals surface area contributed by atoms with Gasteiger partial charge < -0.3 is 14.8 Å². The zero-order chi connectivity index (χ0) is 14.7. The number of aryl methyl sites for hydroxylation is 1. The number of benzene rings is 1. The number of aromatic nitrogens is 1. The molecule has 3 rings (SSSR count). The standard InChI is InChI=1S/C17H21N3O/c1-19-11-5-8-16(19)13-20(15-9-10-15)17(21)18-12-14-6-3-2-4-7-14/h2-8,11,15H,9-10,12-13H2,1H3,(H,18,21). The zero-order valence-electron chi connectivity index (χ0n) is 12.3. The molecule has 0 atom stereocenters. The highest BCUT2D eigenvalue weighted by molar-refractivity contribution is 5.74. The summed E-state index contributed by atoms with van der Waals surface area (Å²) in [4.78, 5) is 14.4. The quantitative estimate of drug-likeness (QED) is 0.900. The second kappa shape index (κ2) is 6.04. The van der Waals surface area contributed by atoms with Gasteiger partial charge in [-0.1, -0.05) is 30.3 Å². The molecule has 1 heterocycles. The van der Waals surface area contributed by atoms with Crippen LogP contribution in [0.15, 0.2) is 48.7 Å². The summed E-state index contributed by atoms with van der Waals surface area (Å²) in [6.07, 6.45) is 4.24. The van der Waals surface area contributed by atoms with Crippen molar-refractivity contribution in [1.82, 2.24) is 14.8 Å². The molecule has 0 aliphatic heterocycles. The van der Waals surface area contributed by atoms with Gasteiger partial charge in [0.05, 0.1) is 6.54 Å². The first-order chi connectivity index (χ1) is 10.2. The molecule has 4 heteroatoms. The number of hydrogen-bond donors (Lipinski definition) is 1. The number of nitrogens with zero attached hydrogens (tertiary/aromatic N) is 2. The Labute approximate surface area is 125 Å². The van der Waals surface area contributed by atoms with E-state index in [-0.39, 0.29) is 6.03 Å². The predicted octanol–water partition coefficient (Wildman–Crippen LogP) is 2.90. The van der Waals surface area contributed by atoms with E-state index in [0.717, 1.165) is 24.1 Å². The first kappa shape index (κ1) is 13.7. The maximum atomic E-state index is 12.4. The van der Waals surface area contributed by atoms with Gasteiger partial charge in [0.15, 0.2) is 0 Å². The van der Waals surface area contributed by atoms with Crippen molar-refractivity contribution in [2.45, 2.75) is 32.0 Å². The molecule has 0 radical (unpaired) electrons. The summed E-state index contributed by atoms with van der Waals surface area (Å²) >= 11 is 0. The van der Waals surface area contributed by atoms with E-state index in [0.29, 0.717) is 19.1 Å². The summed E-state index contributed by atoms with van der Waals surface area (Å²) in [5.41, 5.74) is 2.29. The van der Waals surface area contributed by atoms with Crippen LogP contribution in [-0.2, 0) is 20.1 Å². The maximum Gasteiger partial charge on any atom is 0.318 e. The molecule has 1 aliphatic rings. The SMILES string of the molecule is Cn1cccc1CN(C(=O)NCc1ccccc1)C1CC1. The van der Waals surface area contributed by atoms with Crippen LogP contribution in [0, 0.1) is 0 Å². The Morgan fingerprint density at radius 2 is 2.00 bits per heavy atom. The van der Waals surface area contributed by atoms with Crippen LogP contribution in [0.4, 0.5) is 4.79 Å². The van der Waals surface area contributed by atoms with Gasteiger partial charge in [0, 0.05) is 31.5 Å². The Bertz CT molecular complexity index is 602. The fraction of sp³-hybridized carbons (Fsp3) is 0.353. The molecular formula is C17H21N3O. The van der Waals surface area contributed by atoms with Crippen molar-refractivity contribution in [3.05, 3.63) is 59.9 Å². The number of nitrogens with one attached hydrogen (secondary N) is 1. The third kappa shape index (κ3) is 3.45. The monoisotopic (exact) mass is 283 g/mol. The molecule has 0 saturated heterocycles. The highest BCUT2D eigenvalue weighted by Gasteiger charge is 2.32. The van der Waals surface area contributed by atoms with Crippen molar-refractivity contribution >= 4 is 6.03 Å². The second-order valence-corrected chi connectivity index (χ2v) is 5.61. The zero-order valence-corrected chi connectivity index (χ0v) is 12.3. The normalized spacial score (nSPS) is 14.0. The summed E-state index contributed by atoms with van der Waals surface area (Å²) in [6.45, 7) is 1.25. The van der Waals surface area contributed by atoms with Crippen molar-refractivity contribution in [1.29, 1.82) is 0 Å². The van der Waals surface area contributed by atoms with E-state index < -0.39 is 0 Å². The van der Waals surface area contributed by atoms with Crippen LogP contribution < -0.4 is 5.32 Å². The molecule has 1 fully saturated rings. The van der Waals surface area contributed by atoms with Crippen molar-refractivity contribution in [3.63, 3.8) is 0 Å². The van der Waals surface area contributed by atoms with Gasteiger partial charge in [0.25, 0.3) is 0 Å². The van der Waals surface area contributed by atoms with Crippen LogP contribution >= 0.6 is 0 Å². The average Bonchev–Trinajstić information content (AvgIpc) is 3.27. The molecule has 2 aromatic rings. The molecule has 1 aromatic carbocycles. The van der Waals surface area contributed by atoms with E-state index in [1.54, 1.807) is 0 Å². The number of urea groups is 1. The number of carbonyl (C=O) groups excluding carboxylic acids is 1. The van der Waals surface area contributed by atoms with Crippen molar-refractivity contribution in [3.8, 4) is 0 Å². The largest absolute Gasteiger partial charge is 0.353 e. The summed E-state index contributed by atoms with van der Waals surface area (Å²) in [6, 6.07) is 14.5. The minimum Gasteiger partial charge on any atom is -0.353 e. The topological polar surface area (TPSA) is 37.3 Å². The van der Waals surface area contributed by atoms with Gasteiger partial charge >= 0.3 is 6.03 Å². The molecule has 21 heavy (non-hydrogen) atoms. The van der Waals surface area contributed by atoms with E-state index in [2.05, 4.69) is 16.0 Å². The fourth-order valence-electron chi connectivity index (χ4n) is 2.46. The van der Waals surface area contributed by atoms with Crippen LogP contribution in [0.2, 0.25) is 0 Å². The van der Waals surface area contributed by atoms with Crippen LogP contribution in [-0.4, -0.2) is 21.5 Å². The third-order valence-corrected chi connectivity index (χ3v) is 3.92. The Morgan fingerprint density at radius 3 is 2.62 bits per heavy atom. The van der Waals surface area contributed by atoms with Crippen LogP contribution in [0.5, 0.6) is 0 Å². The summed E-state index contributed by atoms with van der Waals surface area (Å²) in [7, 11) is 2.02. The molecule has 2 amide bonds. The molecule has 1 aliphatic carbocycles. The van der Waals surface area contributed by atoms with Gasteiger partial charge in [-0.25, -0.2) is 4.79 Å². The van der Waals surface area contributed by atoms with Crippen LogP contribution in [0.1, 0.15) is 24.1 Å². The lowest BCUT2D eigenvalue weighted by Crippen LogP contribution is -2.40. The molecule has 1 saturated carbocycles. The Morgan fingerprint density at radius 1 is 1.24 bits per heavy atom. The molecule has 110 valence electrons. The van der Waals surface area contributed by atoms with Crippen LogP contribution in [0.3, 0.4) is 0 Å². The molecule has 0 unspecified atom stereocenters. The summed E-state index contributed by atoms with van der Waals surface area (Å²) in [5.74, 6) is 0. The van der Waals surface area contributed by atoms with Gasteiger partial charge in [-0.15, -0.1) is 0 Å². The Kier molecular flexibility index (Phi) is 3.95. The average molecular weight is 283 g/mol. The first-order valence-corrected chi connectivity index (χ1v) is 7.42. The van der Waals surface area contributed by atoms with Crippen LogP contribution in [0.25, 0.3) is 0 Å². The lowest BCUT2D eigenvalue weighted by molar-refractivity contribution is 0.190. The smallest absolute Gasteiger partial charge is 0.318 e. The summed E-state index contributed by atoms with van der Waals surface area (Å²) < 4.78 is 2.07. The second-order valence-electron chi connectivity index (χ2n) is 5.61. The van der Waals surface area contributed by atoms with Gasteiger partial charge in [-0.05, 0) is 30.5 Å². The molecule has 1 aromatic heterocycles. The Hall–Kier alpha value is -2.23. The van der Waals surface area contributed by atoms with Gasteiger partial charge in [-0.3, -0.25) is 0 Å². The van der Waals surface area contributed by atoms with E-state index in [4.69, 9.17) is 0 Å². The lowest BCUT2D eigenvalue weighted by Gasteiger charge is -2.23. The molecule has 4 nitrogen and oxygen atoms in total. The molecule has 0 bridgehead atoms. The highest BCUT2D eigenvalue weighted by atomic mass is 16.2. The number of hydrogen-bond acceptors (Lipinski definition) is 1. The first-order valence-electron chi connectivity index (χ1n) is 7.42. The minimum absolute atomic E-state index is 0.0301.